The Kier molecular flexibility index (Phi) is 3.83. The molecule has 1 aromatic heterocycles. The molecule has 2 fully saturated rings. The molecule has 2 aliphatic heterocycles. The zero-order valence-electron chi connectivity index (χ0n) is 13.0. The summed E-state index contributed by atoms with van der Waals surface area (Å²) in [7, 11) is -3.27. The van der Waals surface area contributed by atoms with Gasteiger partial charge in [-0.1, -0.05) is 0 Å². The molecule has 3 heterocycles. The normalized spacial score (nSPS) is 26.0. The van der Waals surface area contributed by atoms with Crippen LogP contribution in [-0.4, -0.2) is 76.7 Å². The fourth-order valence-corrected chi connectivity index (χ4v) is 5.23. The lowest BCUT2D eigenvalue weighted by molar-refractivity contribution is -0.133. The first-order valence-electron chi connectivity index (χ1n) is 7.36. The van der Waals surface area contributed by atoms with E-state index in [0.29, 0.717) is 18.8 Å². The number of hydrogen-bond acceptors (Lipinski definition) is 6. The standard InChI is InChI=1S/C14H18N4O4S/c1-9-5-16-11(6-15-9)14(20)18-4-3-17(10(2)19)12-7-23(21,22)8-13(12)18/h5-6,12-13H,3-4,7-8H2,1-2H3/t12-,13+/m0/s1. The highest BCUT2D eigenvalue weighted by Gasteiger charge is 2.49. The number of aromatic nitrogens is 2. The van der Waals surface area contributed by atoms with Crippen LogP contribution in [-0.2, 0) is 14.6 Å². The summed E-state index contributed by atoms with van der Waals surface area (Å²) in [6, 6.07) is -0.998. The second-order valence-electron chi connectivity index (χ2n) is 5.97. The Balaban J connectivity index is 1.90. The summed E-state index contributed by atoms with van der Waals surface area (Å²) < 4.78 is 24.0. The van der Waals surface area contributed by atoms with Crippen LogP contribution in [0, 0.1) is 6.92 Å². The van der Waals surface area contributed by atoms with Gasteiger partial charge in [-0.05, 0) is 6.92 Å². The van der Waals surface area contributed by atoms with E-state index in [2.05, 4.69) is 9.97 Å². The van der Waals surface area contributed by atoms with Gasteiger partial charge in [-0.2, -0.15) is 0 Å². The highest BCUT2D eigenvalue weighted by Crippen LogP contribution is 2.28. The Morgan fingerprint density at radius 3 is 2.26 bits per heavy atom. The summed E-state index contributed by atoms with van der Waals surface area (Å²) in [6.07, 6.45) is 2.90. The largest absolute Gasteiger partial charge is 0.335 e. The molecule has 2 aliphatic rings. The van der Waals surface area contributed by atoms with Crippen LogP contribution in [0.15, 0.2) is 12.4 Å². The van der Waals surface area contributed by atoms with Gasteiger partial charge in [0.05, 0.1) is 35.5 Å². The van der Waals surface area contributed by atoms with Crippen LogP contribution in [0.3, 0.4) is 0 Å². The van der Waals surface area contributed by atoms with Crippen LogP contribution in [0.5, 0.6) is 0 Å². The van der Waals surface area contributed by atoms with Gasteiger partial charge in [-0.15, -0.1) is 0 Å². The maximum atomic E-state index is 12.7. The lowest BCUT2D eigenvalue weighted by atomic mass is 10.0. The van der Waals surface area contributed by atoms with Gasteiger partial charge in [0.25, 0.3) is 5.91 Å². The van der Waals surface area contributed by atoms with Gasteiger partial charge >= 0.3 is 0 Å². The predicted molar refractivity (Wildman–Crippen MR) is 81.4 cm³/mol. The number of amides is 2. The highest BCUT2D eigenvalue weighted by atomic mass is 32.2. The number of carbonyl (C=O) groups excluding carboxylic acids is 2. The molecular formula is C14H18N4O4S. The molecule has 0 saturated carbocycles. The van der Waals surface area contributed by atoms with Crippen molar-refractivity contribution in [2.24, 2.45) is 0 Å². The molecule has 0 aromatic carbocycles. The van der Waals surface area contributed by atoms with Gasteiger partial charge < -0.3 is 9.80 Å². The maximum absolute atomic E-state index is 12.7. The van der Waals surface area contributed by atoms with Crippen LogP contribution in [0.2, 0.25) is 0 Å². The second kappa shape index (κ2) is 5.55. The third kappa shape index (κ3) is 2.92. The van der Waals surface area contributed by atoms with Crippen molar-refractivity contribution < 1.29 is 18.0 Å². The SMILES string of the molecule is CC(=O)N1CCN(C(=O)c2cnc(C)cn2)[C@@H]2CS(=O)(=O)C[C@@H]21. The van der Waals surface area contributed by atoms with E-state index in [1.807, 2.05) is 0 Å². The number of aryl methyl sites for hydroxylation is 1. The van der Waals surface area contributed by atoms with Crippen molar-refractivity contribution in [3.05, 3.63) is 23.8 Å². The van der Waals surface area contributed by atoms with E-state index in [1.54, 1.807) is 11.8 Å². The van der Waals surface area contributed by atoms with E-state index >= 15 is 0 Å². The average molecular weight is 338 g/mol. The third-order valence-corrected chi connectivity index (χ3v) is 6.04. The molecule has 8 nitrogen and oxygen atoms in total. The Morgan fingerprint density at radius 1 is 1.09 bits per heavy atom. The lowest BCUT2D eigenvalue weighted by Crippen LogP contribution is -2.61. The van der Waals surface area contributed by atoms with E-state index in [1.165, 1.54) is 24.2 Å². The summed E-state index contributed by atoms with van der Waals surface area (Å²) in [4.78, 5) is 35.6. The molecule has 0 N–H and O–H groups in total. The number of carbonyl (C=O) groups is 2. The smallest absolute Gasteiger partial charge is 0.274 e. The number of nitrogens with zero attached hydrogens (tertiary/aromatic N) is 4. The molecule has 3 rings (SSSR count). The van der Waals surface area contributed by atoms with Gasteiger partial charge in [0, 0.05) is 26.2 Å². The molecule has 1 aromatic rings. The van der Waals surface area contributed by atoms with Gasteiger partial charge in [0.15, 0.2) is 9.84 Å². The molecule has 23 heavy (non-hydrogen) atoms. The Bertz CT molecular complexity index is 747. The number of hydrogen-bond donors (Lipinski definition) is 0. The zero-order chi connectivity index (χ0) is 16.8. The number of piperazine rings is 1. The van der Waals surface area contributed by atoms with E-state index in [9.17, 15) is 18.0 Å². The van der Waals surface area contributed by atoms with Gasteiger partial charge in [-0.3, -0.25) is 14.6 Å². The molecule has 0 unspecified atom stereocenters. The number of sulfone groups is 1. The fraction of sp³-hybridized carbons (Fsp3) is 0.571. The molecule has 2 saturated heterocycles. The van der Waals surface area contributed by atoms with Crippen LogP contribution in [0.25, 0.3) is 0 Å². The molecule has 0 bridgehead atoms. The highest BCUT2D eigenvalue weighted by molar-refractivity contribution is 7.91. The minimum Gasteiger partial charge on any atom is -0.335 e. The van der Waals surface area contributed by atoms with Crippen molar-refractivity contribution >= 4 is 21.7 Å². The summed E-state index contributed by atoms with van der Waals surface area (Å²) >= 11 is 0. The molecule has 0 spiro atoms. The molecule has 124 valence electrons. The first kappa shape index (κ1) is 15.9. The summed E-state index contributed by atoms with van der Waals surface area (Å²) in [5, 5.41) is 0. The maximum Gasteiger partial charge on any atom is 0.274 e. The van der Waals surface area contributed by atoms with Crippen LogP contribution in [0.1, 0.15) is 23.1 Å². The van der Waals surface area contributed by atoms with Crippen LogP contribution in [0.4, 0.5) is 0 Å². The zero-order valence-corrected chi connectivity index (χ0v) is 13.8. The van der Waals surface area contributed by atoms with Crippen LogP contribution < -0.4 is 0 Å². The summed E-state index contributed by atoms with van der Waals surface area (Å²) in [5.41, 5.74) is 0.888. The van der Waals surface area contributed by atoms with Crippen molar-refractivity contribution in [3.8, 4) is 0 Å². The second-order valence-corrected chi connectivity index (χ2v) is 8.12. The Morgan fingerprint density at radius 2 is 1.70 bits per heavy atom. The quantitative estimate of drug-likeness (QED) is 0.668. The minimum absolute atomic E-state index is 0.0966. The van der Waals surface area contributed by atoms with Crippen molar-refractivity contribution in [2.75, 3.05) is 24.6 Å². The Labute approximate surface area is 134 Å². The number of fused-ring (bicyclic) bond motifs is 1. The molecule has 0 radical (unpaired) electrons. The molecule has 2 amide bonds. The Hall–Kier alpha value is -2.03. The third-order valence-electron chi connectivity index (χ3n) is 4.34. The minimum atomic E-state index is -3.27. The van der Waals surface area contributed by atoms with Crippen LogP contribution >= 0.6 is 0 Å². The van der Waals surface area contributed by atoms with E-state index in [0.717, 1.165) is 0 Å². The van der Waals surface area contributed by atoms with Crippen molar-refractivity contribution in [2.45, 2.75) is 25.9 Å². The van der Waals surface area contributed by atoms with Gasteiger partial charge in [0.1, 0.15) is 5.69 Å². The van der Waals surface area contributed by atoms with Gasteiger partial charge in [0.2, 0.25) is 5.91 Å². The first-order valence-corrected chi connectivity index (χ1v) is 9.18. The summed E-state index contributed by atoms with van der Waals surface area (Å²) in [6.45, 7) is 3.82. The average Bonchev–Trinajstić information content (AvgIpc) is 2.80. The van der Waals surface area contributed by atoms with E-state index in [4.69, 9.17) is 0 Å². The molecule has 0 aliphatic carbocycles. The van der Waals surface area contributed by atoms with Crippen molar-refractivity contribution in [3.63, 3.8) is 0 Å². The molecule has 2 atom stereocenters. The predicted octanol–water partition coefficient (Wildman–Crippen LogP) is -0.745. The molecule has 9 heteroatoms. The van der Waals surface area contributed by atoms with E-state index in [-0.39, 0.29) is 29.0 Å². The first-order chi connectivity index (χ1) is 10.8. The van der Waals surface area contributed by atoms with Crippen molar-refractivity contribution in [1.82, 2.24) is 19.8 Å². The fourth-order valence-electron chi connectivity index (χ4n) is 3.25. The summed E-state index contributed by atoms with van der Waals surface area (Å²) in [5.74, 6) is -0.722. The van der Waals surface area contributed by atoms with E-state index < -0.39 is 21.9 Å². The van der Waals surface area contributed by atoms with Gasteiger partial charge in [-0.25, -0.2) is 13.4 Å². The molecular weight excluding hydrogens is 320 g/mol. The topological polar surface area (TPSA) is 101 Å². The van der Waals surface area contributed by atoms with Crippen molar-refractivity contribution in [1.29, 1.82) is 0 Å². The number of rotatable bonds is 1. The lowest BCUT2D eigenvalue weighted by Gasteiger charge is -2.43. The monoisotopic (exact) mass is 338 g/mol.